The molecule has 228 valence electrons. The van der Waals surface area contributed by atoms with Crippen LogP contribution in [0.25, 0.3) is 11.1 Å². The molecule has 0 spiro atoms. The Labute approximate surface area is 263 Å². The van der Waals surface area contributed by atoms with Gasteiger partial charge < -0.3 is 0 Å². The molecule has 0 saturated heterocycles. The average molecular weight is 573 g/mol. The minimum Gasteiger partial charge on any atom is -0.0851 e. The van der Waals surface area contributed by atoms with Crippen LogP contribution in [0.5, 0.6) is 0 Å². The van der Waals surface area contributed by atoms with Crippen LogP contribution in [0, 0.1) is 40.4 Å². The summed E-state index contributed by atoms with van der Waals surface area (Å²) in [5, 5.41) is 0. The minimum atomic E-state index is 0.103. The molecule has 0 N–H and O–H groups in total. The van der Waals surface area contributed by atoms with Crippen molar-refractivity contribution < 1.29 is 0 Å². The molecule has 0 heterocycles. The summed E-state index contributed by atoms with van der Waals surface area (Å²) < 4.78 is 0. The summed E-state index contributed by atoms with van der Waals surface area (Å²) in [4.78, 5) is 0. The topological polar surface area (TPSA) is 0 Å². The van der Waals surface area contributed by atoms with E-state index in [9.17, 15) is 0 Å². The van der Waals surface area contributed by atoms with E-state index in [1.54, 1.807) is 22.3 Å². The van der Waals surface area contributed by atoms with E-state index in [1.807, 2.05) is 5.57 Å². The fourth-order valence-electron chi connectivity index (χ4n) is 10.1. The number of fused-ring (bicyclic) bond motifs is 5. The third-order valence-corrected chi connectivity index (χ3v) is 12.7. The average Bonchev–Trinajstić information content (AvgIpc) is 3.71. The summed E-state index contributed by atoms with van der Waals surface area (Å²) in [6.45, 7) is 26.7. The summed E-state index contributed by atoms with van der Waals surface area (Å²) >= 11 is 0. The fraction of sp³-hybridized carbons (Fsp3) is 0.581. The Bertz CT molecular complexity index is 1500. The molecule has 5 unspecified atom stereocenters. The van der Waals surface area contributed by atoms with Crippen molar-refractivity contribution in [2.45, 2.75) is 119 Å². The zero-order valence-electron chi connectivity index (χ0n) is 29.0. The Balaban J connectivity index is 1.48. The van der Waals surface area contributed by atoms with E-state index in [2.05, 4.69) is 131 Å². The first-order chi connectivity index (χ1) is 20.0. The standard InChI is InChI=1S/C43H56/c1-25(2)43(24-37(33-19-26-12-13-27(33)18-26)34-22-30(23-38(34)43)42(9,10)11)39-35-20-28(40(3,4)5)14-16-31(35)32-17-15-29(21-36(32)39)41(6,7)8/h12-17,20-21,23,25-27,33,37,39H,18-19,22,24H2,1-11H3. The fourth-order valence-corrected chi connectivity index (χ4v) is 10.1. The molecule has 2 aromatic carbocycles. The molecule has 0 heteroatoms. The highest BCUT2D eigenvalue weighted by molar-refractivity contribution is 5.81. The van der Waals surface area contributed by atoms with E-state index in [0.29, 0.717) is 17.8 Å². The lowest BCUT2D eigenvalue weighted by Crippen LogP contribution is -2.36. The Kier molecular flexibility index (Phi) is 6.38. The molecule has 43 heavy (non-hydrogen) atoms. The van der Waals surface area contributed by atoms with Gasteiger partial charge >= 0.3 is 0 Å². The van der Waals surface area contributed by atoms with Crippen molar-refractivity contribution in [2.24, 2.45) is 40.4 Å². The van der Waals surface area contributed by atoms with Crippen LogP contribution in [0.15, 0.2) is 71.3 Å². The van der Waals surface area contributed by atoms with Crippen molar-refractivity contribution in [3.63, 3.8) is 0 Å². The SMILES string of the molecule is CC(C)C1(C2c3cc(C(C)(C)C)ccc3-c3ccc(C(C)(C)C)cc32)CC(C2CC3C=CC2C3)C2=C1C=C(C(C)(C)C)C2. The van der Waals surface area contributed by atoms with Crippen molar-refractivity contribution in [3.8, 4) is 11.1 Å². The maximum absolute atomic E-state index is 2.75. The van der Waals surface area contributed by atoms with Crippen LogP contribution < -0.4 is 0 Å². The quantitative estimate of drug-likeness (QED) is 0.321. The van der Waals surface area contributed by atoms with Crippen molar-refractivity contribution in [1.29, 1.82) is 0 Å². The van der Waals surface area contributed by atoms with Gasteiger partial charge in [0.15, 0.2) is 0 Å². The van der Waals surface area contributed by atoms with Crippen LogP contribution in [0.3, 0.4) is 0 Å². The Morgan fingerprint density at radius 2 is 1.30 bits per heavy atom. The van der Waals surface area contributed by atoms with Gasteiger partial charge in [-0.2, -0.15) is 0 Å². The molecule has 7 rings (SSSR count). The molecule has 2 bridgehead atoms. The second-order valence-electron chi connectivity index (χ2n) is 18.5. The molecule has 0 aromatic heterocycles. The zero-order chi connectivity index (χ0) is 30.9. The maximum Gasteiger partial charge on any atom is 0.0201 e. The predicted octanol–water partition coefficient (Wildman–Crippen LogP) is 11.9. The molecule has 0 amide bonds. The lowest BCUT2D eigenvalue weighted by atomic mass is 9.58. The highest BCUT2D eigenvalue weighted by atomic mass is 14.6. The normalized spacial score (nSPS) is 30.0. The van der Waals surface area contributed by atoms with Gasteiger partial charge in [-0.25, -0.2) is 0 Å². The summed E-state index contributed by atoms with van der Waals surface area (Å²) in [5.41, 5.74) is 14.9. The van der Waals surface area contributed by atoms with Crippen LogP contribution >= 0.6 is 0 Å². The van der Waals surface area contributed by atoms with Gasteiger partial charge in [0.05, 0.1) is 0 Å². The highest BCUT2D eigenvalue weighted by Crippen LogP contribution is 2.70. The van der Waals surface area contributed by atoms with Crippen molar-refractivity contribution in [1.82, 2.24) is 0 Å². The van der Waals surface area contributed by atoms with Crippen LogP contribution in [-0.4, -0.2) is 0 Å². The minimum absolute atomic E-state index is 0.103. The maximum atomic E-state index is 2.75. The number of hydrogen-bond donors (Lipinski definition) is 0. The van der Waals surface area contributed by atoms with Gasteiger partial charge in [0, 0.05) is 11.3 Å². The molecule has 1 saturated carbocycles. The van der Waals surface area contributed by atoms with E-state index >= 15 is 0 Å². The Hall–Kier alpha value is -2.34. The van der Waals surface area contributed by atoms with Crippen LogP contribution in [-0.2, 0) is 10.8 Å². The van der Waals surface area contributed by atoms with E-state index in [4.69, 9.17) is 0 Å². The molecule has 0 radical (unpaired) electrons. The second-order valence-corrected chi connectivity index (χ2v) is 18.5. The summed E-state index contributed by atoms with van der Waals surface area (Å²) in [7, 11) is 0. The number of allylic oxidation sites excluding steroid dienone is 6. The number of benzene rings is 2. The van der Waals surface area contributed by atoms with Gasteiger partial charge in [-0.1, -0.05) is 142 Å². The second kappa shape index (κ2) is 9.34. The van der Waals surface area contributed by atoms with E-state index in [-0.39, 0.29) is 21.7 Å². The molecule has 5 aliphatic rings. The number of rotatable bonds is 3. The van der Waals surface area contributed by atoms with Gasteiger partial charge in [-0.15, -0.1) is 0 Å². The van der Waals surface area contributed by atoms with Crippen molar-refractivity contribution >= 4 is 0 Å². The van der Waals surface area contributed by atoms with E-state index in [0.717, 1.165) is 17.8 Å². The summed E-state index contributed by atoms with van der Waals surface area (Å²) in [6.07, 6.45) is 13.2. The molecule has 1 fully saturated rings. The first kappa shape index (κ1) is 29.4. The van der Waals surface area contributed by atoms with Crippen molar-refractivity contribution in [2.75, 3.05) is 0 Å². The van der Waals surface area contributed by atoms with Crippen LogP contribution in [0.1, 0.15) is 130 Å². The van der Waals surface area contributed by atoms with Gasteiger partial charge in [0.25, 0.3) is 0 Å². The van der Waals surface area contributed by atoms with Crippen LogP contribution in [0.2, 0.25) is 0 Å². The predicted molar refractivity (Wildman–Crippen MR) is 185 cm³/mol. The lowest BCUT2D eigenvalue weighted by molar-refractivity contribution is 0.169. The van der Waals surface area contributed by atoms with E-state index in [1.165, 1.54) is 47.9 Å². The largest absolute Gasteiger partial charge is 0.0851 e. The lowest BCUT2D eigenvalue weighted by Gasteiger charge is -2.44. The van der Waals surface area contributed by atoms with Crippen LogP contribution in [0.4, 0.5) is 0 Å². The van der Waals surface area contributed by atoms with Gasteiger partial charge in [0.2, 0.25) is 0 Å². The Morgan fingerprint density at radius 3 is 1.74 bits per heavy atom. The molecule has 2 aromatic rings. The summed E-state index contributed by atoms with van der Waals surface area (Å²) in [6, 6.07) is 15.1. The summed E-state index contributed by atoms with van der Waals surface area (Å²) in [5.74, 6) is 4.07. The molecular formula is C43H56. The van der Waals surface area contributed by atoms with Gasteiger partial charge in [-0.3, -0.25) is 0 Å². The first-order valence-corrected chi connectivity index (χ1v) is 17.4. The van der Waals surface area contributed by atoms with Gasteiger partial charge in [0.1, 0.15) is 0 Å². The molecule has 5 atom stereocenters. The zero-order valence-corrected chi connectivity index (χ0v) is 29.0. The molecule has 0 nitrogen and oxygen atoms in total. The smallest absolute Gasteiger partial charge is 0.0201 e. The first-order valence-electron chi connectivity index (χ1n) is 17.4. The number of hydrogen-bond acceptors (Lipinski definition) is 0. The molecule has 0 aliphatic heterocycles. The third kappa shape index (κ3) is 4.35. The van der Waals surface area contributed by atoms with Crippen molar-refractivity contribution in [3.05, 3.63) is 93.6 Å². The third-order valence-electron chi connectivity index (χ3n) is 12.7. The van der Waals surface area contributed by atoms with E-state index < -0.39 is 0 Å². The highest BCUT2D eigenvalue weighted by Gasteiger charge is 2.58. The molecule has 5 aliphatic carbocycles. The Morgan fingerprint density at radius 1 is 0.721 bits per heavy atom. The molecular weight excluding hydrogens is 516 g/mol. The van der Waals surface area contributed by atoms with Gasteiger partial charge in [-0.05, 0) is 110 Å². The monoisotopic (exact) mass is 572 g/mol.